The molecule has 19 heavy (non-hydrogen) atoms. The molecule has 0 saturated heterocycles. The fourth-order valence-corrected chi connectivity index (χ4v) is 2.86. The van der Waals surface area contributed by atoms with Crippen molar-refractivity contribution in [3.05, 3.63) is 34.1 Å². The van der Waals surface area contributed by atoms with Crippen LogP contribution in [0.1, 0.15) is 31.1 Å². The number of hydrogen-bond donors (Lipinski definition) is 1. The zero-order valence-electron chi connectivity index (χ0n) is 11.4. The molecule has 0 bridgehead atoms. The van der Waals surface area contributed by atoms with Gasteiger partial charge in [-0.25, -0.2) is 4.98 Å². The quantitative estimate of drug-likeness (QED) is 0.883. The van der Waals surface area contributed by atoms with Gasteiger partial charge in [0.2, 0.25) is 0 Å². The van der Waals surface area contributed by atoms with Crippen molar-refractivity contribution < 1.29 is 0 Å². The number of nitrogens with two attached hydrogens (primary N) is 1. The molecule has 2 rings (SSSR count). The minimum atomic E-state index is 0.617. The van der Waals surface area contributed by atoms with Gasteiger partial charge in [0.05, 0.1) is 22.4 Å². The van der Waals surface area contributed by atoms with Crippen LogP contribution in [-0.2, 0) is 25.9 Å². The van der Waals surface area contributed by atoms with Crippen LogP contribution in [0.3, 0.4) is 0 Å². The molecular weight excluding hydrogens is 306 g/mol. The van der Waals surface area contributed by atoms with Gasteiger partial charge < -0.3 is 10.3 Å². The van der Waals surface area contributed by atoms with Gasteiger partial charge in [-0.2, -0.15) is 5.10 Å². The van der Waals surface area contributed by atoms with Gasteiger partial charge in [0.25, 0.3) is 0 Å². The fraction of sp³-hybridized carbons (Fsp3) is 0.538. The Hall–Kier alpha value is -1.14. The Morgan fingerprint density at radius 3 is 2.79 bits per heavy atom. The molecule has 0 aromatic carbocycles. The molecule has 0 unspecified atom stereocenters. The zero-order chi connectivity index (χ0) is 13.8. The maximum Gasteiger partial charge on any atom is 0.110 e. The number of halogens is 1. The van der Waals surface area contributed by atoms with Crippen molar-refractivity contribution in [1.29, 1.82) is 0 Å². The smallest absolute Gasteiger partial charge is 0.110 e. The molecule has 0 amide bonds. The number of imidazole rings is 1. The first-order chi connectivity index (χ1) is 9.21. The Morgan fingerprint density at radius 1 is 1.37 bits per heavy atom. The topological polar surface area (TPSA) is 61.7 Å². The SMILES string of the molecule is CCc1nn(CC)c(Cn2ccnc2CCN)c1Br. The summed E-state index contributed by atoms with van der Waals surface area (Å²) in [6.45, 7) is 6.49. The van der Waals surface area contributed by atoms with E-state index >= 15 is 0 Å². The summed E-state index contributed by atoms with van der Waals surface area (Å²) in [5, 5.41) is 4.61. The molecule has 0 saturated carbocycles. The van der Waals surface area contributed by atoms with Gasteiger partial charge in [0.1, 0.15) is 5.82 Å². The van der Waals surface area contributed by atoms with E-state index in [0.29, 0.717) is 6.54 Å². The predicted octanol–water partition coefficient (Wildman–Crippen LogP) is 1.97. The number of rotatable bonds is 6. The standard InChI is InChI=1S/C13H20BrN5/c1-3-10-13(14)11(19(4-2)17-10)9-18-8-7-16-12(18)5-6-15/h7-8H,3-6,9,15H2,1-2H3. The minimum Gasteiger partial charge on any atom is -0.330 e. The van der Waals surface area contributed by atoms with Crippen LogP contribution < -0.4 is 5.73 Å². The van der Waals surface area contributed by atoms with Crippen molar-refractivity contribution in [3.8, 4) is 0 Å². The van der Waals surface area contributed by atoms with Gasteiger partial charge in [0.15, 0.2) is 0 Å². The van der Waals surface area contributed by atoms with Crippen molar-refractivity contribution in [2.45, 2.75) is 39.8 Å². The van der Waals surface area contributed by atoms with Crippen LogP contribution in [0.4, 0.5) is 0 Å². The monoisotopic (exact) mass is 325 g/mol. The second-order valence-electron chi connectivity index (χ2n) is 4.39. The summed E-state index contributed by atoms with van der Waals surface area (Å²) >= 11 is 3.67. The Balaban J connectivity index is 2.32. The normalized spacial score (nSPS) is 11.2. The first-order valence-corrected chi connectivity index (χ1v) is 7.44. The molecule has 104 valence electrons. The van der Waals surface area contributed by atoms with E-state index in [2.05, 4.69) is 49.1 Å². The van der Waals surface area contributed by atoms with Gasteiger partial charge in [-0.15, -0.1) is 0 Å². The molecule has 0 aliphatic rings. The molecule has 0 aliphatic carbocycles. The second kappa shape index (κ2) is 6.34. The molecule has 0 spiro atoms. The van der Waals surface area contributed by atoms with Crippen molar-refractivity contribution >= 4 is 15.9 Å². The molecule has 0 aliphatic heterocycles. The third-order valence-corrected chi connectivity index (χ3v) is 4.10. The Bertz CT molecular complexity index is 543. The first kappa shape index (κ1) is 14.3. The Kier molecular flexibility index (Phi) is 4.76. The summed E-state index contributed by atoms with van der Waals surface area (Å²) in [7, 11) is 0. The van der Waals surface area contributed by atoms with E-state index in [0.717, 1.165) is 41.9 Å². The molecule has 6 heteroatoms. The summed E-state index contributed by atoms with van der Waals surface area (Å²) in [5.74, 6) is 1.02. The number of nitrogens with zero attached hydrogens (tertiary/aromatic N) is 4. The highest BCUT2D eigenvalue weighted by Gasteiger charge is 2.15. The van der Waals surface area contributed by atoms with Crippen molar-refractivity contribution in [1.82, 2.24) is 19.3 Å². The number of hydrogen-bond acceptors (Lipinski definition) is 3. The molecule has 2 aromatic heterocycles. The molecule has 0 radical (unpaired) electrons. The van der Waals surface area contributed by atoms with E-state index in [9.17, 15) is 0 Å². The Labute approximate surface area is 121 Å². The van der Waals surface area contributed by atoms with Crippen molar-refractivity contribution in [3.63, 3.8) is 0 Å². The lowest BCUT2D eigenvalue weighted by atomic mass is 10.3. The van der Waals surface area contributed by atoms with Crippen molar-refractivity contribution in [2.24, 2.45) is 5.73 Å². The highest BCUT2D eigenvalue weighted by molar-refractivity contribution is 9.10. The second-order valence-corrected chi connectivity index (χ2v) is 5.18. The van der Waals surface area contributed by atoms with Crippen LogP contribution in [0.5, 0.6) is 0 Å². The zero-order valence-corrected chi connectivity index (χ0v) is 13.0. The summed E-state index contributed by atoms with van der Waals surface area (Å²) in [6, 6.07) is 0. The van der Waals surface area contributed by atoms with Crippen LogP contribution in [0.15, 0.2) is 16.9 Å². The molecule has 0 fully saturated rings. The molecule has 5 nitrogen and oxygen atoms in total. The highest BCUT2D eigenvalue weighted by atomic mass is 79.9. The van der Waals surface area contributed by atoms with Gasteiger partial charge >= 0.3 is 0 Å². The number of aromatic nitrogens is 4. The maximum absolute atomic E-state index is 5.61. The molecule has 2 aromatic rings. The van der Waals surface area contributed by atoms with E-state index in [-0.39, 0.29) is 0 Å². The molecule has 2 N–H and O–H groups in total. The average Bonchev–Trinajstić information content (AvgIpc) is 2.97. The van der Waals surface area contributed by atoms with Gasteiger partial charge in [-0.05, 0) is 35.8 Å². The van der Waals surface area contributed by atoms with E-state index in [1.165, 1.54) is 5.69 Å². The summed E-state index contributed by atoms with van der Waals surface area (Å²) < 4.78 is 5.30. The largest absolute Gasteiger partial charge is 0.330 e. The summed E-state index contributed by atoms with van der Waals surface area (Å²) in [4.78, 5) is 4.35. The van der Waals surface area contributed by atoms with Crippen LogP contribution in [0.25, 0.3) is 0 Å². The van der Waals surface area contributed by atoms with Gasteiger partial charge in [-0.1, -0.05) is 6.92 Å². The fourth-order valence-electron chi connectivity index (χ4n) is 2.17. The average molecular weight is 326 g/mol. The first-order valence-electron chi connectivity index (χ1n) is 6.65. The van der Waals surface area contributed by atoms with Crippen molar-refractivity contribution in [2.75, 3.05) is 6.54 Å². The minimum absolute atomic E-state index is 0.617. The van der Waals surface area contributed by atoms with E-state index in [1.54, 1.807) is 0 Å². The lowest BCUT2D eigenvalue weighted by Gasteiger charge is -2.09. The summed E-state index contributed by atoms with van der Waals surface area (Å²) in [6.07, 6.45) is 5.55. The van der Waals surface area contributed by atoms with E-state index in [1.807, 2.05) is 12.4 Å². The lowest BCUT2D eigenvalue weighted by molar-refractivity contribution is 0.585. The highest BCUT2D eigenvalue weighted by Crippen LogP contribution is 2.23. The predicted molar refractivity (Wildman–Crippen MR) is 79.1 cm³/mol. The third kappa shape index (κ3) is 2.90. The Morgan fingerprint density at radius 2 is 2.16 bits per heavy atom. The van der Waals surface area contributed by atoms with Crippen LogP contribution >= 0.6 is 15.9 Å². The third-order valence-electron chi connectivity index (χ3n) is 3.18. The molecular formula is C13H20BrN5. The lowest BCUT2D eigenvalue weighted by Crippen LogP contribution is -2.13. The summed E-state index contributed by atoms with van der Waals surface area (Å²) in [5.41, 5.74) is 7.91. The van der Waals surface area contributed by atoms with Gasteiger partial charge in [-0.3, -0.25) is 4.68 Å². The molecule has 0 atom stereocenters. The van der Waals surface area contributed by atoms with Gasteiger partial charge in [0, 0.05) is 25.4 Å². The van der Waals surface area contributed by atoms with Crippen LogP contribution in [0.2, 0.25) is 0 Å². The van der Waals surface area contributed by atoms with Crippen LogP contribution in [-0.4, -0.2) is 25.9 Å². The van der Waals surface area contributed by atoms with Crippen LogP contribution in [0, 0.1) is 0 Å². The van der Waals surface area contributed by atoms with E-state index in [4.69, 9.17) is 5.73 Å². The number of aryl methyl sites for hydroxylation is 2. The van der Waals surface area contributed by atoms with E-state index < -0.39 is 0 Å². The molecule has 2 heterocycles. The maximum atomic E-state index is 5.61.